The van der Waals surface area contributed by atoms with Crippen LogP contribution >= 0.6 is 11.3 Å². The Kier molecular flexibility index (Phi) is 3.89. The van der Waals surface area contributed by atoms with E-state index in [-0.39, 0.29) is 23.7 Å². The number of thiophene rings is 1. The van der Waals surface area contributed by atoms with Crippen LogP contribution in [0.5, 0.6) is 0 Å². The van der Waals surface area contributed by atoms with Crippen molar-refractivity contribution < 1.29 is 4.79 Å². The van der Waals surface area contributed by atoms with Crippen molar-refractivity contribution in [3.63, 3.8) is 0 Å². The Hall–Kier alpha value is -2.15. The second kappa shape index (κ2) is 5.46. The predicted octanol–water partition coefficient (Wildman–Crippen LogP) is 0.418. The lowest BCUT2D eigenvalue weighted by Crippen LogP contribution is -2.40. The van der Waals surface area contributed by atoms with E-state index in [1.54, 1.807) is 26.2 Å². The van der Waals surface area contributed by atoms with Crippen molar-refractivity contribution in [3.05, 3.63) is 55.0 Å². The van der Waals surface area contributed by atoms with Gasteiger partial charge in [0.2, 0.25) is 0 Å². The molecule has 6 nitrogen and oxygen atoms in total. The van der Waals surface area contributed by atoms with E-state index in [1.165, 1.54) is 34.0 Å². The lowest BCUT2D eigenvalue weighted by molar-refractivity contribution is 0.0789. The number of hydrogen-bond acceptors (Lipinski definition) is 4. The average molecular weight is 293 g/mol. The summed E-state index contributed by atoms with van der Waals surface area (Å²) in [7, 11) is 4.63. The van der Waals surface area contributed by atoms with Crippen molar-refractivity contribution in [1.29, 1.82) is 0 Å². The molecule has 0 spiro atoms. The van der Waals surface area contributed by atoms with Crippen molar-refractivity contribution in [3.8, 4) is 0 Å². The molecule has 2 rings (SSSR count). The fraction of sp³-hybridized carbons (Fsp3) is 0.308. The Balaban J connectivity index is 2.29. The Morgan fingerprint density at radius 2 is 2.05 bits per heavy atom. The first-order chi connectivity index (χ1) is 9.41. The summed E-state index contributed by atoms with van der Waals surface area (Å²) < 4.78 is 2.37. The van der Waals surface area contributed by atoms with Crippen molar-refractivity contribution in [2.45, 2.75) is 6.54 Å². The second-order valence-corrected chi connectivity index (χ2v) is 5.50. The maximum atomic E-state index is 12.1. The molecule has 0 saturated heterocycles. The van der Waals surface area contributed by atoms with Gasteiger partial charge in [-0.3, -0.25) is 14.2 Å². The molecule has 2 aromatic heterocycles. The summed E-state index contributed by atoms with van der Waals surface area (Å²) >= 11 is 1.35. The van der Waals surface area contributed by atoms with E-state index in [0.717, 1.165) is 4.57 Å². The SMILES string of the molecule is CN(Cc1cn(C)c(=O)n(C)c1=O)C(=O)c1cccs1. The summed E-state index contributed by atoms with van der Waals surface area (Å²) in [5, 5.41) is 1.83. The van der Waals surface area contributed by atoms with Crippen LogP contribution in [0.1, 0.15) is 15.2 Å². The summed E-state index contributed by atoms with van der Waals surface area (Å²) in [5.74, 6) is -0.143. The number of aromatic nitrogens is 2. The zero-order valence-corrected chi connectivity index (χ0v) is 12.3. The second-order valence-electron chi connectivity index (χ2n) is 4.55. The number of amides is 1. The van der Waals surface area contributed by atoms with Gasteiger partial charge in [-0.2, -0.15) is 0 Å². The van der Waals surface area contributed by atoms with Crippen LogP contribution < -0.4 is 11.2 Å². The highest BCUT2D eigenvalue weighted by molar-refractivity contribution is 7.12. The number of aryl methyl sites for hydroxylation is 1. The third-order valence-corrected chi connectivity index (χ3v) is 3.86. The molecule has 7 heteroatoms. The number of carbonyl (C=O) groups is 1. The fourth-order valence-electron chi connectivity index (χ4n) is 1.91. The van der Waals surface area contributed by atoms with Gasteiger partial charge in [0.25, 0.3) is 11.5 Å². The maximum absolute atomic E-state index is 12.1. The lowest BCUT2D eigenvalue weighted by atomic mass is 10.3. The molecule has 0 unspecified atom stereocenters. The molecule has 0 aliphatic carbocycles. The third kappa shape index (κ3) is 2.57. The molecule has 0 aromatic carbocycles. The van der Waals surface area contributed by atoms with E-state index in [0.29, 0.717) is 10.4 Å². The van der Waals surface area contributed by atoms with Crippen LogP contribution in [0.3, 0.4) is 0 Å². The van der Waals surface area contributed by atoms with Crippen LogP contribution in [0.4, 0.5) is 0 Å². The molecule has 0 aliphatic heterocycles. The molecule has 20 heavy (non-hydrogen) atoms. The summed E-state index contributed by atoms with van der Waals surface area (Å²) in [6, 6.07) is 3.54. The largest absolute Gasteiger partial charge is 0.336 e. The van der Waals surface area contributed by atoms with E-state index >= 15 is 0 Å². The molecule has 2 heterocycles. The standard InChI is InChI=1S/C13H15N3O3S/c1-14(12(18)10-5-4-6-20-10)7-9-8-15(2)13(19)16(3)11(9)17/h4-6,8H,7H2,1-3H3. The fourth-order valence-corrected chi connectivity index (χ4v) is 2.62. The molecule has 0 atom stereocenters. The van der Waals surface area contributed by atoms with Gasteiger partial charge < -0.3 is 9.47 Å². The van der Waals surface area contributed by atoms with E-state index in [2.05, 4.69) is 0 Å². The summed E-state index contributed by atoms with van der Waals surface area (Å²) in [4.78, 5) is 37.8. The van der Waals surface area contributed by atoms with Gasteiger partial charge in [-0.15, -0.1) is 11.3 Å². The number of nitrogens with zero attached hydrogens (tertiary/aromatic N) is 3. The van der Waals surface area contributed by atoms with Crippen molar-refractivity contribution in [1.82, 2.24) is 14.0 Å². The van der Waals surface area contributed by atoms with Crippen molar-refractivity contribution in [2.75, 3.05) is 7.05 Å². The first kappa shape index (κ1) is 14.3. The molecule has 0 N–H and O–H groups in total. The van der Waals surface area contributed by atoms with Crippen LogP contribution in [0, 0.1) is 0 Å². The first-order valence-electron chi connectivity index (χ1n) is 5.96. The monoisotopic (exact) mass is 293 g/mol. The quantitative estimate of drug-likeness (QED) is 0.824. The smallest absolute Gasteiger partial charge is 0.330 e. The van der Waals surface area contributed by atoms with Crippen molar-refractivity contribution in [2.24, 2.45) is 14.1 Å². The van der Waals surface area contributed by atoms with Gasteiger partial charge in [-0.05, 0) is 11.4 Å². The van der Waals surface area contributed by atoms with E-state index < -0.39 is 0 Å². The Labute approximate surface area is 119 Å². The molecule has 0 aliphatic rings. The lowest BCUT2D eigenvalue weighted by Gasteiger charge is -2.16. The van der Waals surface area contributed by atoms with Crippen LogP contribution in [-0.2, 0) is 20.6 Å². The van der Waals surface area contributed by atoms with Gasteiger partial charge in [0.05, 0.1) is 17.0 Å². The minimum Gasteiger partial charge on any atom is -0.336 e. The van der Waals surface area contributed by atoms with Gasteiger partial charge in [-0.25, -0.2) is 4.79 Å². The summed E-state index contributed by atoms with van der Waals surface area (Å²) in [6.07, 6.45) is 1.48. The molecule has 0 radical (unpaired) electrons. The topological polar surface area (TPSA) is 64.3 Å². The first-order valence-corrected chi connectivity index (χ1v) is 6.84. The highest BCUT2D eigenvalue weighted by Gasteiger charge is 2.15. The van der Waals surface area contributed by atoms with Gasteiger partial charge in [0.1, 0.15) is 0 Å². The summed E-state index contributed by atoms with van der Waals surface area (Å²) in [5.41, 5.74) is -0.355. The van der Waals surface area contributed by atoms with Crippen LogP contribution in [0.2, 0.25) is 0 Å². The van der Waals surface area contributed by atoms with Crippen LogP contribution in [0.25, 0.3) is 0 Å². The van der Waals surface area contributed by atoms with Crippen LogP contribution in [0.15, 0.2) is 33.3 Å². The zero-order chi connectivity index (χ0) is 14.9. The van der Waals surface area contributed by atoms with E-state index in [4.69, 9.17) is 0 Å². The third-order valence-electron chi connectivity index (χ3n) is 3.00. The molecule has 106 valence electrons. The Bertz CT molecular complexity index is 743. The molecule has 1 amide bonds. The average Bonchev–Trinajstić information content (AvgIpc) is 2.95. The minimum absolute atomic E-state index is 0.143. The Morgan fingerprint density at radius 1 is 1.35 bits per heavy atom. The predicted molar refractivity (Wildman–Crippen MR) is 77.0 cm³/mol. The zero-order valence-electron chi connectivity index (χ0n) is 11.5. The molecule has 0 saturated carbocycles. The summed E-state index contributed by atoms with van der Waals surface area (Å²) in [6.45, 7) is 0.164. The molecular weight excluding hydrogens is 278 g/mol. The normalized spacial score (nSPS) is 10.6. The highest BCUT2D eigenvalue weighted by Crippen LogP contribution is 2.12. The van der Waals surface area contributed by atoms with E-state index in [9.17, 15) is 14.4 Å². The molecule has 0 bridgehead atoms. The molecule has 0 fully saturated rings. The highest BCUT2D eigenvalue weighted by atomic mass is 32.1. The maximum Gasteiger partial charge on any atom is 0.330 e. The number of carbonyl (C=O) groups excluding carboxylic acids is 1. The van der Waals surface area contributed by atoms with Gasteiger partial charge in [0.15, 0.2) is 0 Å². The minimum atomic E-state index is -0.383. The molecular formula is C13H15N3O3S. The number of hydrogen-bond donors (Lipinski definition) is 0. The molecule has 2 aromatic rings. The Morgan fingerprint density at radius 3 is 2.65 bits per heavy atom. The number of rotatable bonds is 3. The van der Waals surface area contributed by atoms with E-state index in [1.807, 2.05) is 5.38 Å². The van der Waals surface area contributed by atoms with Crippen molar-refractivity contribution >= 4 is 17.2 Å². The van der Waals surface area contributed by atoms with Crippen LogP contribution in [-0.4, -0.2) is 27.0 Å². The van der Waals surface area contributed by atoms with Gasteiger partial charge in [-0.1, -0.05) is 6.07 Å². The van der Waals surface area contributed by atoms with Gasteiger partial charge in [0, 0.05) is 27.3 Å². The van der Waals surface area contributed by atoms with Gasteiger partial charge >= 0.3 is 5.69 Å².